The van der Waals surface area contributed by atoms with E-state index in [1.54, 1.807) is 30.4 Å². The molecule has 140 valence electrons. The molecule has 2 nitrogen and oxygen atoms in total. The van der Waals surface area contributed by atoms with E-state index < -0.39 is 0 Å². The van der Waals surface area contributed by atoms with Gasteiger partial charge < -0.3 is 4.74 Å². The summed E-state index contributed by atoms with van der Waals surface area (Å²) >= 11 is 5.86. The maximum Gasteiger partial charge on any atom is 0.178 e. The Balaban J connectivity index is 1.63. The molecule has 0 aliphatic carbocycles. The maximum absolute atomic E-state index is 12.1. The molecule has 0 aliphatic rings. The van der Waals surface area contributed by atoms with E-state index in [2.05, 4.69) is 31.2 Å². The minimum atomic E-state index is -0.0942. The number of hydrogen-bond donors (Lipinski definition) is 0. The predicted octanol–water partition coefficient (Wildman–Crippen LogP) is 6.52. The summed E-state index contributed by atoms with van der Waals surface area (Å²) in [5.41, 5.74) is 4.11. The van der Waals surface area contributed by atoms with Crippen LogP contribution in [0.1, 0.15) is 22.3 Å². The van der Waals surface area contributed by atoms with Gasteiger partial charge in [0, 0.05) is 10.6 Å². The molecule has 0 heterocycles. The summed E-state index contributed by atoms with van der Waals surface area (Å²) in [5, 5.41) is 0.672. The van der Waals surface area contributed by atoms with Crippen LogP contribution in [-0.4, -0.2) is 5.78 Å². The van der Waals surface area contributed by atoms with Gasteiger partial charge in [0.2, 0.25) is 0 Å². The molecule has 3 aromatic carbocycles. The molecule has 0 saturated heterocycles. The van der Waals surface area contributed by atoms with E-state index in [0.29, 0.717) is 11.6 Å². The zero-order valence-electron chi connectivity index (χ0n) is 15.6. The lowest BCUT2D eigenvalue weighted by Gasteiger charge is -2.09. The fourth-order valence-electron chi connectivity index (χ4n) is 2.57. The first-order valence-corrected chi connectivity index (χ1v) is 9.41. The summed E-state index contributed by atoms with van der Waals surface area (Å²) in [6.07, 6.45) is 6.62. The number of hydrogen-bond acceptors (Lipinski definition) is 2. The molecular weight excluding hydrogens is 368 g/mol. The third-order valence-corrected chi connectivity index (χ3v) is 4.42. The summed E-state index contributed by atoms with van der Waals surface area (Å²) in [7, 11) is 0. The third kappa shape index (κ3) is 5.97. The van der Waals surface area contributed by atoms with E-state index in [0.717, 1.165) is 22.4 Å². The number of benzene rings is 3. The van der Waals surface area contributed by atoms with Crippen LogP contribution in [-0.2, 0) is 11.4 Å². The van der Waals surface area contributed by atoms with Crippen LogP contribution in [0.4, 0.5) is 0 Å². The number of carbonyl (C=O) groups is 1. The van der Waals surface area contributed by atoms with Gasteiger partial charge in [-0.2, -0.15) is 0 Å². The summed E-state index contributed by atoms with van der Waals surface area (Å²) in [5.74, 6) is 0.650. The second-order valence-corrected chi connectivity index (χ2v) is 6.87. The fourth-order valence-corrected chi connectivity index (χ4v) is 2.70. The van der Waals surface area contributed by atoms with Gasteiger partial charge in [0.25, 0.3) is 0 Å². The molecule has 28 heavy (non-hydrogen) atoms. The molecule has 0 fully saturated rings. The minimum Gasteiger partial charge on any atom is -0.488 e. The molecule has 3 heteroatoms. The molecule has 0 bridgehead atoms. The van der Waals surface area contributed by atoms with Gasteiger partial charge in [0.15, 0.2) is 5.78 Å². The molecule has 0 aliphatic heterocycles. The van der Waals surface area contributed by atoms with Gasteiger partial charge in [-0.15, -0.1) is 0 Å². The van der Waals surface area contributed by atoms with Crippen molar-refractivity contribution in [2.45, 2.75) is 13.5 Å². The Labute approximate surface area is 170 Å². The van der Waals surface area contributed by atoms with Crippen molar-refractivity contribution in [2.24, 2.45) is 0 Å². The average Bonchev–Trinajstić information content (AvgIpc) is 2.72. The highest BCUT2D eigenvalue weighted by atomic mass is 35.5. The average molecular weight is 389 g/mol. The van der Waals surface area contributed by atoms with Gasteiger partial charge in [-0.05, 0) is 54.5 Å². The first-order chi connectivity index (χ1) is 13.6. The number of rotatable bonds is 7. The number of carbonyl (C=O) groups excluding carboxylic acids is 1. The highest BCUT2D eigenvalue weighted by Crippen LogP contribution is 2.21. The zero-order chi connectivity index (χ0) is 19.8. The van der Waals surface area contributed by atoms with Crippen molar-refractivity contribution in [1.29, 1.82) is 0 Å². The quantitative estimate of drug-likeness (QED) is 0.430. The SMILES string of the molecule is Cc1ccc(COc2ccccc2/C=C/C(=O)/C=C/c2ccc(Cl)cc2)cc1. The van der Waals surface area contributed by atoms with Gasteiger partial charge >= 0.3 is 0 Å². The summed E-state index contributed by atoms with van der Waals surface area (Å²) in [4.78, 5) is 12.1. The summed E-state index contributed by atoms with van der Waals surface area (Å²) in [6.45, 7) is 2.54. The fraction of sp³-hybridized carbons (Fsp3) is 0.0800. The molecule has 0 spiro atoms. The van der Waals surface area contributed by atoms with Crippen molar-refractivity contribution >= 4 is 29.5 Å². The number of ether oxygens (including phenoxy) is 1. The first kappa shape index (κ1) is 19.7. The molecular formula is C25H21ClO2. The van der Waals surface area contributed by atoms with Crippen molar-refractivity contribution in [1.82, 2.24) is 0 Å². The predicted molar refractivity (Wildman–Crippen MR) is 116 cm³/mol. The van der Waals surface area contributed by atoms with E-state index in [1.165, 1.54) is 11.6 Å². The second-order valence-electron chi connectivity index (χ2n) is 6.43. The second kappa shape index (κ2) is 9.72. The van der Waals surface area contributed by atoms with Crippen molar-refractivity contribution in [2.75, 3.05) is 0 Å². The van der Waals surface area contributed by atoms with Crippen LogP contribution in [0, 0.1) is 6.92 Å². The molecule has 0 saturated carbocycles. The number of aryl methyl sites for hydroxylation is 1. The van der Waals surface area contributed by atoms with Crippen molar-refractivity contribution in [3.05, 3.63) is 112 Å². The van der Waals surface area contributed by atoms with Gasteiger partial charge in [-0.25, -0.2) is 0 Å². The Morgan fingerprint density at radius 1 is 0.893 bits per heavy atom. The van der Waals surface area contributed by atoms with Crippen LogP contribution in [0.15, 0.2) is 84.9 Å². The molecule has 0 atom stereocenters. The molecule has 0 unspecified atom stereocenters. The zero-order valence-corrected chi connectivity index (χ0v) is 16.4. The van der Waals surface area contributed by atoms with Crippen LogP contribution in [0.3, 0.4) is 0 Å². The Morgan fingerprint density at radius 2 is 1.57 bits per heavy atom. The van der Waals surface area contributed by atoms with E-state index >= 15 is 0 Å². The smallest absolute Gasteiger partial charge is 0.178 e. The highest BCUT2D eigenvalue weighted by Gasteiger charge is 2.01. The topological polar surface area (TPSA) is 26.3 Å². The van der Waals surface area contributed by atoms with Crippen LogP contribution in [0.5, 0.6) is 5.75 Å². The van der Waals surface area contributed by atoms with E-state index in [1.807, 2.05) is 36.4 Å². The Hall–Kier alpha value is -3.10. The standard InChI is InChI=1S/C25H21ClO2/c1-19-6-8-21(9-7-19)18-28-25-5-3-2-4-22(25)13-17-24(27)16-12-20-10-14-23(26)15-11-20/h2-17H,18H2,1H3/b16-12+,17-13+. The molecule has 0 amide bonds. The highest BCUT2D eigenvalue weighted by molar-refractivity contribution is 6.30. The Bertz CT molecular complexity index is 984. The first-order valence-electron chi connectivity index (χ1n) is 9.03. The third-order valence-electron chi connectivity index (χ3n) is 4.17. The lowest BCUT2D eigenvalue weighted by atomic mass is 10.1. The van der Waals surface area contributed by atoms with Gasteiger partial charge in [-0.3, -0.25) is 4.79 Å². The molecule has 3 rings (SSSR count). The monoisotopic (exact) mass is 388 g/mol. The van der Waals surface area contributed by atoms with Crippen LogP contribution < -0.4 is 4.74 Å². The van der Waals surface area contributed by atoms with Crippen LogP contribution in [0.2, 0.25) is 5.02 Å². The molecule has 0 N–H and O–H groups in total. The number of ketones is 1. The molecule has 3 aromatic rings. The van der Waals surface area contributed by atoms with Crippen LogP contribution >= 0.6 is 11.6 Å². The largest absolute Gasteiger partial charge is 0.488 e. The number of para-hydroxylation sites is 1. The Kier molecular flexibility index (Phi) is 6.83. The number of halogens is 1. The van der Waals surface area contributed by atoms with Gasteiger partial charge in [0.05, 0.1) is 0 Å². The Morgan fingerprint density at radius 3 is 2.32 bits per heavy atom. The van der Waals surface area contributed by atoms with Crippen molar-refractivity contribution < 1.29 is 9.53 Å². The van der Waals surface area contributed by atoms with Crippen LogP contribution in [0.25, 0.3) is 12.2 Å². The van der Waals surface area contributed by atoms with E-state index in [4.69, 9.17) is 16.3 Å². The normalized spacial score (nSPS) is 11.2. The molecule has 0 radical (unpaired) electrons. The summed E-state index contributed by atoms with van der Waals surface area (Å²) in [6, 6.07) is 23.2. The summed E-state index contributed by atoms with van der Waals surface area (Å²) < 4.78 is 5.94. The molecule has 0 aromatic heterocycles. The van der Waals surface area contributed by atoms with Crippen molar-refractivity contribution in [3.8, 4) is 5.75 Å². The van der Waals surface area contributed by atoms with E-state index in [9.17, 15) is 4.79 Å². The lowest BCUT2D eigenvalue weighted by Crippen LogP contribution is -1.97. The van der Waals surface area contributed by atoms with E-state index in [-0.39, 0.29) is 5.78 Å². The van der Waals surface area contributed by atoms with Gasteiger partial charge in [0.1, 0.15) is 12.4 Å². The van der Waals surface area contributed by atoms with Crippen molar-refractivity contribution in [3.63, 3.8) is 0 Å². The lowest BCUT2D eigenvalue weighted by molar-refractivity contribution is -0.110. The van der Waals surface area contributed by atoms with Gasteiger partial charge in [-0.1, -0.05) is 77.8 Å². The maximum atomic E-state index is 12.1. The minimum absolute atomic E-state index is 0.0942. The number of allylic oxidation sites excluding steroid dienone is 2.